The number of nitrogens with one attached hydrogen (secondary N) is 1. The highest BCUT2D eigenvalue weighted by molar-refractivity contribution is 7.92. The Hall–Kier alpha value is -4.63. The fourth-order valence-electron chi connectivity index (χ4n) is 5.30. The molecular formula is C38H45N3O5S. The van der Waals surface area contributed by atoms with Gasteiger partial charge in [0.05, 0.1) is 17.7 Å². The van der Waals surface area contributed by atoms with Crippen molar-refractivity contribution in [3.05, 3.63) is 126 Å². The molecule has 8 nitrogen and oxygen atoms in total. The molecule has 9 heteroatoms. The van der Waals surface area contributed by atoms with Crippen LogP contribution in [0.4, 0.5) is 5.69 Å². The van der Waals surface area contributed by atoms with E-state index in [1.807, 2.05) is 73.7 Å². The zero-order chi connectivity index (χ0) is 33.8. The van der Waals surface area contributed by atoms with Crippen molar-refractivity contribution in [3.63, 3.8) is 0 Å². The maximum atomic E-state index is 14.6. The zero-order valence-corrected chi connectivity index (χ0v) is 28.5. The molecule has 1 unspecified atom stereocenters. The van der Waals surface area contributed by atoms with Gasteiger partial charge in [0.2, 0.25) is 11.8 Å². The highest BCUT2D eigenvalue weighted by Crippen LogP contribution is 2.27. The van der Waals surface area contributed by atoms with Crippen LogP contribution in [-0.2, 0) is 32.6 Å². The Labute approximate surface area is 279 Å². The number of carbonyl (C=O) groups is 2. The summed E-state index contributed by atoms with van der Waals surface area (Å²) in [6.07, 6.45) is 1.95. The molecule has 4 rings (SSSR count). The number of benzene rings is 4. The molecule has 1 atom stereocenters. The standard InChI is InChI=1S/C38H45N3O5S/c1-5-6-24-39-38(43)36(26-30-14-9-7-10-15-30)40(27-31-16-13-17-34(25-31)46-4)37(42)28-41(33-22-20-32(21-23-33)29(2)3)47(44,45)35-18-11-8-12-19-35/h7-23,25,29,36H,5-6,24,26-28H2,1-4H3,(H,39,43). The molecule has 0 saturated heterocycles. The second kappa shape index (κ2) is 16.8. The highest BCUT2D eigenvalue weighted by Gasteiger charge is 2.34. The summed E-state index contributed by atoms with van der Waals surface area (Å²) in [7, 11) is -2.59. The summed E-state index contributed by atoms with van der Waals surface area (Å²) in [4.78, 5) is 30.1. The van der Waals surface area contributed by atoms with Gasteiger partial charge in [-0.15, -0.1) is 0 Å². The van der Waals surface area contributed by atoms with E-state index in [1.54, 1.807) is 37.4 Å². The lowest BCUT2D eigenvalue weighted by atomic mass is 10.0. The zero-order valence-electron chi connectivity index (χ0n) is 27.6. The fraction of sp³-hybridized carbons (Fsp3) is 0.316. The van der Waals surface area contributed by atoms with Gasteiger partial charge in [-0.25, -0.2) is 8.42 Å². The summed E-state index contributed by atoms with van der Waals surface area (Å²) in [6, 6.07) is 31.2. The van der Waals surface area contributed by atoms with Crippen molar-refractivity contribution in [2.45, 2.75) is 63.4 Å². The van der Waals surface area contributed by atoms with Crippen LogP contribution < -0.4 is 14.4 Å². The molecule has 0 radical (unpaired) electrons. The van der Waals surface area contributed by atoms with Crippen LogP contribution in [0.2, 0.25) is 0 Å². The number of carbonyl (C=O) groups excluding carboxylic acids is 2. The molecule has 0 spiro atoms. The molecule has 0 fully saturated rings. The Morgan fingerprint density at radius 1 is 0.830 bits per heavy atom. The predicted octanol–water partition coefficient (Wildman–Crippen LogP) is 6.57. The number of unbranched alkanes of at least 4 members (excludes halogenated alkanes) is 1. The summed E-state index contributed by atoms with van der Waals surface area (Å²) in [6.45, 7) is 6.20. The van der Waals surface area contributed by atoms with E-state index >= 15 is 0 Å². The number of methoxy groups -OCH3 is 1. The van der Waals surface area contributed by atoms with Crippen molar-refractivity contribution < 1.29 is 22.7 Å². The Kier molecular flexibility index (Phi) is 12.6. The van der Waals surface area contributed by atoms with Gasteiger partial charge in [0.1, 0.15) is 18.3 Å². The number of rotatable bonds is 16. The molecule has 0 heterocycles. The summed E-state index contributed by atoms with van der Waals surface area (Å²) >= 11 is 0. The molecule has 0 aliphatic rings. The second-order valence-corrected chi connectivity index (χ2v) is 13.7. The van der Waals surface area contributed by atoms with E-state index in [-0.39, 0.29) is 29.7 Å². The lowest BCUT2D eigenvalue weighted by Crippen LogP contribution is -2.53. The van der Waals surface area contributed by atoms with Crippen LogP contribution in [0.1, 0.15) is 56.2 Å². The molecular weight excluding hydrogens is 611 g/mol. The predicted molar refractivity (Wildman–Crippen MR) is 187 cm³/mol. The van der Waals surface area contributed by atoms with Gasteiger partial charge >= 0.3 is 0 Å². The van der Waals surface area contributed by atoms with E-state index < -0.39 is 28.5 Å². The lowest BCUT2D eigenvalue weighted by molar-refractivity contribution is -0.140. The van der Waals surface area contributed by atoms with Gasteiger partial charge in [-0.1, -0.05) is 100.0 Å². The lowest BCUT2D eigenvalue weighted by Gasteiger charge is -2.34. The number of hydrogen-bond acceptors (Lipinski definition) is 5. The van der Waals surface area contributed by atoms with E-state index in [0.29, 0.717) is 18.0 Å². The highest BCUT2D eigenvalue weighted by atomic mass is 32.2. The monoisotopic (exact) mass is 655 g/mol. The Balaban J connectivity index is 1.80. The third kappa shape index (κ3) is 9.45. The van der Waals surface area contributed by atoms with E-state index in [4.69, 9.17) is 4.74 Å². The first-order valence-electron chi connectivity index (χ1n) is 16.1. The molecule has 4 aromatic rings. The quantitative estimate of drug-likeness (QED) is 0.138. The van der Waals surface area contributed by atoms with Gasteiger partial charge in [-0.2, -0.15) is 0 Å². The second-order valence-electron chi connectivity index (χ2n) is 11.8. The van der Waals surface area contributed by atoms with Gasteiger partial charge in [-0.05, 0) is 65.4 Å². The summed E-state index contributed by atoms with van der Waals surface area (Å²) in [5.74, 6) is 0.0535. The van der Waals surface area contributed by atoms with E-state index in [1.165, 1.54) is 17.0 Å². The van der Waals surface area contributed by atoms with Gasteiger partial charge in [0, 0.05) is 19.5 Å². The average Bonchev–Trinajstić information content (AvgIpc) is 3.09. The Morgan fingerprint density at radius 3 is 2.09 bits per heavy atom. The minimum Gasteiger partial charge on any atom is -0.497 e. The molecule has 47 heavy (non-hydrogen) atoms. The summed E-state index contributed by atoms with van der Waals surface area (Å²) in [5, 5.41) is 3.02. The van der Waals surface area contributed by atoms with Gasteiger partial charge < -0.3 is 15.0 Å². The number of nitrogens with zero attached hydrogens (tertiary/aromatic N) is 2. The van der Waals surface area contributed by atoms with Crippen LogP contribution >= 0.6 is 0 Å². The molecule has 4 aromatic carbocycles. The van der Waals surface area contributed by atoms with Crippen LogP contribution in [0.5, 0.6) is 5.75 Å². The SMILES string of the molecule is CCCCNC(=O)C(Cc1ccccc1)N(Cc1cccc(OC)c1)C(=O)CN(c1ccc(C(C)C)cc1)S(=O)(=O)c1ccccc1. The number of anilines is 1. The van der Waals surface area contributed by atoms with E-state index in [9.17, 15) is 18.0 Å². The Morgan fingerprint density at radius 2 is 1.47 bits per heavy atom. The topological polar surface area (TPSA) is 96.0 Å². The van der Waals surface area contributed by atoms with Crippen LogP contribution in [-0.4, -0.2) is 51.4 Å². The molecule has 0 aliphatic heterocycles. The van der Waals surface area contributed by atoms with Gasteiger partial charge in [0.15, 0.2) is 0 Å². The third-order valence-electron chi connectivity index (χ3n) is 8.05. The van der Waals surface area contributed by atoms with Crippen molar-refractivity contribution >= 4 is 27.5 Å². The van der Waals surface area contributed by atoms with Crippen LogP contribution in [0.3, 0.4) is 0 Å². The fourth-order valence-corrected chi connectivity index (χ4v) is 6.74. The molecule has 248 valence electrons. The first-order chi connectivity index (χ1) is 22.6. The maximum absolute atomic E-state index is 14.6. The summed E-state index contributed by atoms with van der Waals surface area (Å²) < 4.78 is 34.9. The third-order valence-corrected chi connectivity index (χ3v) is 9.83. The van der Waals surface area contributed by atoms with Crippen molar-refractivity contribution in [1.82, 2.24) is 10.2 Å². The molecule has 0 aromatic heterocycles. The molecule has 0 bridgehead atoms. The smallest absolute Gasteiger partial charge is 0.264 e. The molecule has 2 amide bonds. The number of sulfonamides is 1. The maximum Gasteiger partial charge on any atom is 0.264 e. The summed E-state index contributed by atoms with van der Waals surface area (Å²) in [5.41, 5.74) is 3.03. The first kappa shape index (κ1) is 35.2. The van der Waals surface area contributed by atoms with Gasteiger partial charge in [0.25, 0.3) is 10.0 Å². The van der Waals surface area contributed by atoms with Crippen molar-refractivity contribution in [3.8, 4) is 5.75 Å². The average molecular weight is 656 g/mol. The van der Waals surface area contributed by atoms with Crippen molar-refractivity contribution in [1.29, 1.82) is 0 Å². The Bertz CT molecular complexity index is 1690. The van der Waals surface area contributed by atoms with Crippen molar-refractivity contribution in [2.24, 2.45) is 0 Å². The number of hydrogen-bond donors (Lipinski definition) is 1. The van der Waals surface area contributed by atoms with Crippen LogP contribution in [0.25, 0.3) is 0 Å². The first-order valence-corrected chi connectivity index (χ1v) is 17.5. The van der Waals surface area contributed by atoms with Crippen LogP contribution in [0, 0.1) is 0 Å². The van der Waals surface area contributed by atoms with Crippen molar-refractivity contribution in [2.75, 3.05) is 24.5 Å². The molecule has 1 N–H and O–H groups in total. The minimum absolute atomic E-state index is 0.0678. The van der Waals surface area contributed by atoms with E-state index in [2.05, 4.69) is 19.2 Å². The normalized spacial score (nSPS) is 11.9. The minimum atomic E-state index is -4.16. The number of ether oxygens (including phenoxy) is 1. The van der Waals surface area contributed by atoms with Crippen LogP contribution in [0.15, 0.2) is 114 Å². The molecule has 0 aliphatic carbocycles. The van der Waals surface area contributed by atoms with E-state index in [0.717, 1.165) is 33.8 Å². The number of amides is 2. The molecule has 0 saturated carbocycles. The largest absolute Gasteiger partial charge is 0.497 e. The van der Waals surface area contributed by atoms with Gasteiger partial charge in [-0.3, -0.25) is 13.9 Å².